The maximum atomic E-state index is 9.49. The maximum Gasteiger partial charge on any atom is 0.192 e. The lowest BCUT2D eigenvalue weighted by atomic mass is 9.78. The van der Waals surface area contributed by atoms with Crippen LogP contribution in [0.1, 0.15) is 25.0 Å². The molecule has 0 aliphatic carbocycles. The normalized spacial score (nSPS) is 11.4. The van der Waals surface area contributed by atoms with E-state index in [1.807, 2.05) is 36.4 Å². The Morgan fingerprint density at radius 2 is 1.37 bits per heavy atom. The van der Waals surface area contributed by atoms with Gasteiger partial charge in [0.1, 0.15) is 18.1 Å². The summed E-state index contributed by atoms with van der Waals surface area (Å²) in [6, 6.07) is 15.3. The Hall–Kier alpha value is -2.56. The van der Waals surface area contributed by atoms with E-state index in [1.54, 1.807) is 24.3 Å². The molecule has 1 N–H and O–H groups in total. The molecule has 0 unspecified atom stereocenters. The summed E-state index contributed by atoms with van der Waals surface area (Å²) in [7, 11) is 0. The van der Waals surface area contributed by atoms with Crippen LogP contribution in [-0.2, 0) is 14.9 Å². The summed E-state index contributed by atoms with van der Waals surface area (Å²) in [6.45, 7) is 12.6. The van der Waals surface area contributed by atoms with Crippen LogP contribution in [0.5, 0.6) is 11.5 Å². The molecule has 0 atom stereocenters. The van der Waals surface area contributed by atoms with Gasteiger partial charge in [-0.2, -0.15) is 0 Å². The quantitative estimate of drug-likeness (QED) is 0.456. The second-order valence-electron chi connectivity index (χ2n) is 6.68. The van der Waals surface area contributed by atoms with E-state index >= 15 is 0 Å². The summed E-state index contributed by atoms with van der Waals surface area (Å²) in [5, 5.41) is 9.49. The van der Waals surface area contributed by atoms with E-state index in [4.69, 9.17) is 14.2 Å². The Labute approximate surface area is 161 Å². The summed E-state index contributed by atoms with van der Waals surface area (Å²) in [5.41, 5.74) is 2.10. The van der Waals surface area contributed by atoms with Crippen LogP contribution in [0.15, 0.2) is 73.8 Å². The van der Waals surface area contributed by atoms with E-state index in [0.717, 1.165) is 16.9 Å². The van der Waals surface area contributed by atoms with Gasteiger partial charge in [-0.15, -0.1) is 13.2 Å². The molecule has 2 rings (SSSR count). The number of hydrogen-bond donors (Lipinski definition) is 1. The van der Waals surface area contributed by atoms with Crippen molar-refractivity contribution >= 4 is 0 Å². The Kier molecular flexibility index (Phi) is 7.65. The Morgan fingerprint density at radius 1 is 0.889 bits per heavy atom. The highest BCUT2D eigenvalue weighted by atomic mass is 16.7. The van der Waals surface area contributed by atoms with Gasteiger partial charge >= 0.3 is 0 Å². The van der Waals surface area contributed by atoms with Crippen LogP contribution in [0.2, 0.25) is 0 Å². The van der Waals surface area contributed by atoms with E-state index in [2.05, 4.69) is 27.0 Å². The lowest BCUT2D eigenvalue weighted by Gasteiger charge is -2.26. The van der Waals surface area contributed by atoms with Crippen LogP contribution in [0.25, 0.3) is 0 Å². The van der Waals surface area contributed by atoms with Crippen molar-refractivity contribution in [2.75, 3.05) is 19.8 Å². The second-order valence-corrected chi connectivity index (χ2v) is 6.68. The standard InChI is InChI=1S/C23H28O4/c1-5-15-25-22(26-16-6-2)17-27-21-13-9-19(10-14-21)23(3,4)18-7-11-20(24)12-8-18/h5-14,22,24H,1-2,15-17H2,3-4H3. The number of aromatic hydroxyl groups is 1. The molecule has 0 aliphatic rings. The molecule has 0 fully saturated rings. The highest BCUT2D eigenvalue weighted by Gasteiger charge is 2.23. The largest absolute Gasteiger partial charge is 0.508 e. The van der Waals surface area contributed by atoms with Crippen molar-refractivity contribution in [3.05, 3.63) is 85.0 Å². The molecule has 2 aromatic carbocycles. The number of benzene rings is 2. The molecule has 2 aromatic rings. The number of phenolic OH excluding ortho intramolecular Hbond substituents is 1. The molecule has 0 saturated heterocycles. The first-order valence-corrected chi connectivity index (χ1v) is 8.95. The molecule has 0 aromatic heterocycles. The number of hydrogen-bond acceptors (Lipinski definition) is 4. The zero-order chi connectivity index (χ0) is 19.7. The molecule has 0 heterocycles. The van der Waals surface area contributed by atoms with Crippen molar-refractivity contribution in [3.8, 4) is 11.5 Å². The first-order chi connectivity index (χ1) is 13.0. The summed E-state index contributed by atoms with van der Waals surface area (Å²) in [6.07, 6.45) is 2.86. The van der Waals surface area contributed by atoms with Gasteiger partial charge in [-0.05, 0) is 35.4 Å². The molecule has 0 spiro atoms. The average molecular weight is 368 g/mol. The highest BCUT2D eigenvalue weighted by Crippen LogP contribution is 2.33. The number of rotatable bonds is 11. The molecular formula is C23H28O4. The summed E-state index contributed by atoms with van der Waals surface area (Å²) in [4.78, 5) is 0. The van der Waals surface area contributed by atoms with Crippen molar-refractivity contribution in [2.45, 2.75) is 25.6 Å². The number of phenols is 1. The van der Waals surface area contributed by atoms with Crippen molar-refractivity contribution in [3.63, 3.8) is 0 Å². The van der Waals surface area contributed by atoms with Crippen molar-refractivity contribution < 1.29 is 19.3 Å². The maximum absolute atomic E-state index is 9.49. The van der Waals surface area contributed by atoms with Crippen LogP contribution in [-0.4, -0.2) is 31.2 Å². The zero-order valence-electron chi connectivity index (χ0n) is 16.1. The van der Waals surface area contributed by atoms with Crippen LogP contribution < -0.4 is 4.74 Å². The van der Waals surface area contributed by atoms with Gasteiger partial charge in [-0.25, -0.2) is 0 Å². The van der Waals surface area contributed by atoms with Gasteiger partial charge in [0.2, 0.25) is 0 Å². The van der Waals surface area contributed by atoms with Crippen LogP contribution >= 0.6 is 0 Å². The number of ether oxygens (including phenoxy) is 3. The van der Waals surface area contributed by atoms with Crippen molar-refractivity contribution in [1.82, 2.24) is 0 Å². The fourth-order valence-electron chi connectivity index (χ4n) is 2.67. The van der Waals surface area contributed by atoms with Gasteiger partial charge in [-0.1, -0.05) is 50.3 Å². The smallest absolute Gasteiger partial charge is 0.192 e. The highest BCUT2D eigenvalue weighted by molar-refractivity contribution is 5.41. The first kappa shape index (κ1) is 20.7. The Bertz CT molecular complexity index is 705. The third-order valence-electron chi connectivity index (χ3n) is 4.35. The monoisotopic (exact) mass is 368 g/mol. The Balaban J connectivity index is 2.01. The van der Waals surface area contributed by atoms with Crippen molar-refractivity contribution in [1.29, 1.82) is 0 Å². The van der Waals surface area contributed by atoms with Crippen LogP contribution in [0.3, 0.4) is 0 Å². The van der Waals surface area contributed by atoms with E-state index < -0.39 is 6.29 Å². The predicted octanol–water partition coefficient (Wildman–Crippen LogP) is 4.83. The molecule has 0 amide bonds. The van der Waals surface area contributed by atoms with Crippen molar-refractivity contribution in [2.24, 2.45) is 0 Å². The lowest BCUT2D eigenvalue weighted by molar-refractivity contribution is -0.144. The molecule has 4 heteroatoms. The summed E-state index contributed by atoms with van der Waals surface area (Å²) in [5.74, 6) is 1.01. The summed E-state index contributed by atoms with van der Waals surface area (Å²) >= 11 is 0. The molecule has 0 saturated carbocycles. The minimum Gasteiger partial charge on any atom is -0.508 e. The fourth-order valence-corrected chi connectivity index (χ4v) is 2.67. The SMILES string of the molecule is C=CCOC(COc1ccc(C(C)(C)c2ccc(O)cc2)cc1)OCC=C. The lowest BCUT2D eigenvalue weighted by Crippen LogP contribution is -2.25. The minimum absolute atomic E-state index is 0.186. The van der Waals surface area contributed by atoms with E-state index in [-0.39, 0.29) is 17.8 Å². The predicted molar refractivity (Wildman–Crippen MR) is 108 cm³/mol. The van der Waals surface area contributed by atoms with Crippen LogP contribution in [0, 0.1) is 0 Å². The second kappa shape index (κ2) is 9.95. The van der Waals surface area contributed by atoms with Gasteiger partial charge < -0.3 is 19.3 Å². The molecule has 144 valence electrons. The van der Waals surface area contributed by atoms with Gasteiger partial charge in [-0.3, -0.25) is 0 Å². The minimum atomic E-state index is -0.478. The topological polar surface area (TPSA) is 47.9 Å². The summed E-state index contributed by atoms with van der Waals surface area (Å²) < 4.78 is 16.9. The average Bonchev–Trinajstić information content (AvgIpc) is 2.68. The fraction of sp³-hybridized carbons (Fsp3) is 0.304. The van der Waals surface area contributed by atoms with Gasteiger partial charge in [0.15, 0.2) is 6.29 Å². The van der Waals surface area contributed by atoms with Gasteiger partial charge in [0, 0.05) is 5.41 Å². The van der Waals surface area contributed by atoms with Gasteiger partial charge in [0.25, 0.3) is 0 Å². The van der Waals surface area contributed by atoms with E-state index in [0.29, 0.717) is 13.2 Å². The molecule has 4 nitrogen and oxygen atoms in total. The van der Waals surface area contributed by atoms with Crippen LogP contribution in [0.4, 0.5) is 0 Å². The molecule has 27 heavy (non-hydrogen) atoms. The third kappa shape index (κ3) is 5.98. The molecular weight excluding hydrogens is 340 g/mol. The zero-order valence-corrected chi connectivity index (χ0v) is 16.1. The van der Waals surface area contributed by atoms with Gasteiger partial charge in [0.05, 0.1) is 13.2 Å². The first-order valence-electron chi connectivity index (χ1n) is 8.95. The Morgan fingerprint density at radius 3 is 1.85 bits per heavy atom. The molecule has 0 radical (unpaired) electrons. The molecule has 0 bridgehead atoms. The van der Waals surface area contributed by atoms with E-state index in [1.165, 1.54) is 0 Å². The van der Waals surface area contributed by atoms with E-state index in [9.17, 15) is 5.11 Å². The third-order valence-corrected chi connectivity index (χ3v) is 4.35. The molecule has 0 aliphatic heterocycles.